The van der Waals surface area contributed by atoms with Crippen LogP contribution in [0.4, 0.5) is 0 Å². The van der Waals surface area contributed by atoms with Crippen molar-refractivity contribution in [1.29, 1.82) is 0 Å². The Kier molecular flexibility index (Phi) is 5.44. The molecule has 0 N–H and O–H groups in total. The third kappa shape index (κ3) is 4.17. The maximum Gasteiger partial charge on any atom is -0.0219 e. The Labute approximate surface area is 76.7 Å². The maximum atomic E-state index is 2.24. The average molecular weight is 164 g/mol. The highest BCUT2D eigenvalue weighted by Gasteiger charge is 1.97. The molecule has 0 saturated heterocycles. The van der Waals surface area contributed by atoms with Crippen molar-refractivity contribution >= 4 is 0 Å². The standard InChI is InChI=1S/C12H20/c1-6-8-12(10(3)4)9-11(5)7-2/h6-10H,1-5H3/b8-6-,11-7-,12-9+. The molecule has 0 rings (SSSR count). The normalized spacial score (nSPS) is 14.8. The highest BCUT2D eigenvalue weighted by atomic mass is 14.0. The van der Waals surface area contributed by atoms with E-state index in [-0.39, 0.29) is 0 Å². The van der Waals surface area contributed by atoms with E-state index in [1.54, 1.807) is 0 Å². The Morgan fingerprint density at radius 3 is 2.08 bits per heavy atom. The van der Waals surface area contributed by atoms with Gasteiger partial charge >= 0.3 is 0 Å². The highest BCUT2D eigenvalue weighted by Crippen LogP contribution is 2.13. The summed E-state index contributed by atoms with van der Waals surface area (Å²) in [5.41, 5.74) is 2.73. The number of hydrogen-bond acceptors (Lipinski definition) is 0. The topological polar surface area (TPSA) is 0 Å². The second kappa shape index (κ2) is 5.82. The Morgan fingerprint density at radius 1 is 1.17 bits per heavy atom. The van der Waals surface area contributed by atoms with Crippen LogP contribution in [0.25, 0.3) is 0 Å². The van der Waals surface area contributed by atoms with Crippen LogP contribution in [0.5, 0.6) is 0 Å². The summed E-state index contributed by atoms with van der Waals surface area (Å²) in [5, 5.41) is 0. The molecule has 0 atom stereocenters. The second-order valence-corrected chi connectivity index (χ2v) is 3.33. The van der Waals surface area contributed by atoms with Gasteiger partial charge in [-0.15, -0.1) is 0 Å². The summed E-state index contributed by atoms with van der Waals surface area (Å²) in [6.07, 6.45) is 8.64. The van der Waals surface area contributed by atoms with Crippen molar-refractivity contribution in [2.24, 2.45) is 5.92 Å². The molecule has 0 aromatic heterocycles. The molecule has 0 amide bonds. The van der Waals surface area contributed by atoms with Crippen molar-refractivity contribution in [3.05, 3.63) is 35.5 Å². The SMILES string of the molecule is C\C=C/C(=C\C(C)=C/C)C(C)C. The lowest BCUT2D eigenvalue weighted by atomic mass is 10.0. The van der Waals surface area contributed by atoms with Crippen LogP contribution in [0.1, 0.15) is 34.6 Å². The average Bonchev–Trinajstić information content (AvgIpc) is 2.03. The van der Waals surface area contributed by atoms with Gasteiger partial charge < -0.3 is 0 Å². The zero-order valence-electron chi connectivity index (χ0n) is 8.89. The Hall–Kier alpha value is -0.780. The van der Waals surface area contributed by atoms with Crippen molar-refractivity contribution in [2.75, 3.05) is 0 Å². The molecule has 0 nitrogen and oxygen atoms in total. The Balaban J connectivity index is 4.61. The van der Waals surface area contributed by atoms with Crippen molar-refractivity contribution in [3.8, 4) is 0 Å². The van der Waals surface area contributed by atoms with Crippen molar-refractivity contribution in [3.63, 3.8) is 0 Å². The van der Waals surface area contributed by atoms with E-state index in [1.165, 1.54) is 11.1 Å². The van der Waals surface area contributed by atoms with E-state index in [1.807, 2.05) is 0 Å². The molecule has 0 aliphatic carbocycles. The van der Waals surface area contributed by atoms with Crippen molar-refractivity contribution in [2.45, 2.75) is 34.6 Å². The summed E-state index contributed by atoms with van der Waals surface area (Å²) in [7, 11) is 0. The molecule has 0 spiro atoms. The fourth-order valence-corrected chi connectivity index (χ4v) is 0.946. The molecular formula is C12H20. The van der Waals surface area contributed by atoms with Gasteiger partial charge in [0.15, 0.2) is 0 Å². The molecule has 68 valence electrons. The first-order chi connectivity index (χ1) is 5.61. The zero-order chi connectivity index (χ0) is 9.56. The van der Waals surface area contributed by atoms with Crippen LogP contribution in [0.3, 0.4) is 0 Å². The van der Waals surface area contributed by atoms with E-state index < -0.39 is 0 Å². The predicted octanol–water partition coefficient (Wildman–Crippen LogP) is 4.11. The number of allylic oxidation sites excluding steroid dienone is 6. The van der Waals surface area contributed by atoms with E-state index in [0.29, 0.717) is 5.92 Å². The molecule has 0 fully saturated rings. The van der Waals surface area contributed by atoms with Crippen LogP contribution < -0.4 is 0 Å². The van der Waals surface area contributed by atoms with Gasteiger partial charge in [0.05, 0.1) is 0 Å². The third-order valence-electron chi connectivity index (χ3n) is 1.88. The molecule has 0 aromatic carbocycles. The summed E-state index contributed by atoms with van der Waals surface area (Å²) in [6, 6.07) is 0. The fourth-order valence-electron chi connectivity index (χ4n) is 0.946. The van der Waals surface area contributed by atoms with Gasteiger partial charge in [0.1, 0.15) is 0 Å². The lowest BCUT2D eigenvalue weighted by Crippen LogP contribution is -1.90. The molecule has 0 aromatic rings. The minimum absolute atomic E-state index is 0.607. The van der Waals surface area contributed by atoms with Gasteiger partial charge in [-0.3, -0.25) is 0 Å². The summed E-state index contributed by atoms with van der Waals surface area (Å²) in [5.74, 6) is 0.607. The molecule has 0 heteroatoms. The first-order valence-electron chi connectivity index (χ1n) is 4.59. The monoisotopic (exact) mass is 164 g/mol. The van der Waals surface area contributed by atoms with Crippen molar-refractivity contribution in [1.82, 2.24) is 0 Å². The van der Waals surface area contributed by atoms with Gasteiger partial charge in [-0.05, 0) is 32.3 Å². The summed E-state index contributed by atoms with van der Waals surface area (Å²) >= 11 is 0. The third-order valence-corrected chi connectivity index (χ3v) is 1.88. The molecule has 0 saturated carbocycles. The predicted molar refractivity (Wildman–Crippen MR) is 57.2 cm³/mol. The van der Waals surface area contributed by atoms with E-state index in [9.17, 15) is 0 Å². The quantitative estimate of drug-likeness (QED) is 0.551. The van der Waals surface area contributed by atoms with Gasteiger partial charge in [0, 0.05) is 0 Å². The van der Waals surface area contributed by atoms with Crippen LogP contribution in [-0.2, 0) is 0 Å². The van der Waals surface area contributed by atoms with Crippen LogP contribution >= 0.6 is 0 Å². The first kappa shape index (κ1) is 11.2. The molecule has 0 unspecified atom stereocenters. The summed E-state index contributed by atoms with van der Waals surface area (Å²) < 4.78 is 0. The smallest absolute Gasteiger partial charge is 0.0219 e. The Morgan fingerprint density at radius 2 is 1.75 bits per heavy atom. The minimum atomic E-state index is 0.607. The summed E-state index contributed by atoms with van der Waals surface area (Å²) in [6.45, 7) is 10.7. The van der Waals surface area contributed by atoms with Crippen molar-refractivity contribution < 1.29 is 0 Å². The van der Waals surface area contributed by atoms with Gasteiger partial charge in [-0.2, -0.15) is 0 Å². The van der Waals surface area contributed by atoms with Gasteiger partial charge in [-0.1, -0.05) is 43.7 Å². The fraction of sp³-hybridized carbons (Fsp3) is 0.500. The van der Waals surface area contributed by atoms with Crippen LogP contribution in [0, 0.1) is 5.92 Å². The van der Waals surface area contributed by atoms with Gasteiger partial charge in [-0.25, -0.2) is 0 Å². The van der Waals surface area contributed by atoms with E-state index in [0.717, 1.165) is 0 Å². The molecule has 0 aliphatic rings. The van der Waals surface area contributed by atoms with Gasteiger partial charge in [0.2, 0.25) is 0 Å². The highest BCUT2D eigenvalue weighted by molar-refractivity contribution is 5.29. The minimum Gasteiger partial charge on any atom is -0.0874 e. The van der Waals surface area contributed by atoms with Crippen LogP contribution in [0.15, 0.2) is 35.5 Å². The van der Waals surface area contributed by atoms with Crippen LogP contribution in [-0.4, -0.2) is 0 Å². The molecular weight excluding hydrogens is 144 g/mol. The number of hydrogen-bond donors (Lipinski definition) is 0. The maximum absolute atomic E-state index is 2.24. The largest absolute Gasteiger partial charge is 0.0874 e. The van der Waals surface area contributed by atoms with E-state index in [2.05, 4.69) is 58.9 Å². The molecule has 0 radical (unpaired) electrons. The first-order valence-corrected chi connectivity index (χ1v) is 4.59. The van der Waals surface area contributed by atoms with Crippen LogP contribution in [0.2, 0.25) is 0 Å². The summed E-state index contributed by atoms with van der Waals surface area (Å²) in [4.78, 5) is 0. The lowest BCUT2D eigenvalue weighted by molar-refractivity contribution is 0.790. The number of rotatable bonds is 3. The van der Waals surface area contributed by atoms with Gasteiger partial charge in [0.25, 0.3) is 0 Å². The second-order valence-electron chi connectivity index (χ2n) is 3.33. The molecule has 12 heavy (non-hydrogen) atoms. The van der Waals surface area contributed by atoms with E-state index >= 15 is 0 Å². The zero-order valence-corrected chi connectivity index (χ0v) is 8.89. The van der Waals surface area contributed by atoms with E-state index in [4.69, 9.17) is 0 Å². The molecule has 0 aliphatic heterocycles. The molecule has 0 heterocycles. The molecule has 0 bridgehead atoms. The lowest BCUT2D eigenvalue weighted by Gasteiger charge is -2.06. The Bertz CT molecular complexity index is 202.